The molecule has 0 aromatic carbocycles. The molecule has 5 nitrogen and oxygen atoms in total. The molecule has 1 aliphatic heterocycles. The summed E-state index contributed by atoms with van der Waals surface area (Å²) < 4.78 is 0. The monoisotopic (exact) mass is 268 g/mol. The van der Waals surface area contributed by atoms with Crippen molar-refractivity contribution in [2.75, 3.05) is 25.9 Å². The second kappa shape index (κ2) is 5.54. The highest BCUT2D eigenvalue weighted by Crippen LogP contribution is 2.13. The number of aromatic nitrogens is 1. The first kappa shape index (κ1) is 13.1. The summed E-state index contributed by atoms with van der Waals surface area (Å²) in [6.45, 7) is 1.99. The predicted molar refractivity (Wildman–Crippen MR) is 71.6 cm³/mol. The zero-order chi connectivity index (χ0) is 13.1. The second-order valence-electron chi connectivity index (χ2n) is 4.66. The van der Waals surface area contributed by atoms with Crippen molar-refractivity contribution in [3.63, 3.8) is 0 Å². The number of hydrogen-bond donors (Lipinski definition) is 2. The number of carbonyl (C=O) groups is 1. The third-order valence-electron chi connectivity index (χ3n) is 3.10. The van der Waals surface area contributed by atoms with Crippen LogP contribution >= 0.6 is 11.6 Å². The number of amides is 1. The number of hydrogen-bond acceptors (Lipinski definition) is 4. The van der Waals surface area contributed by atoms with E-state index in [1.807, 2.05) is 0 Å². The first-order valence-corrected chi connectivity index (χ1v) is 6.35. The number of carbonyl (C=O) groups excluding carboxylic acids is 1. The van der Waals surface area contributed by atoms with E-state index >= 15 is 0 Å². The molecule has 0 bridgehead atoms. The van der Waals surface area contributed by atoms with Crippen LogP contribution in [0.25, 0.3) is 0 Å². The fourth-order valence-electron chi connectivity index (χ4n) is 2.05. The van der Waals surface area contributed by atoms with Crippen molar-refractivity contribution in [3.8, 4) is 0 Å². The number of pyridine rings is 1. The van der Waals surface area contributed by atoms with Gasteiger partial charge >= 0.3 is 0 Å². The second-order valence-corrected chi connectivity index (χ2v) is 5.05. The fraction of sp³-hybridized carbons (Fsp3) is 0.500. The Hall–Kier alpha value is -1.33. The molecule has 1 aromatic heterocycles. The van der Waals surface area contributed by atoms with Gasteiger partial charge in [0, 0.05) is 11.7 Å². The summed E-state index contributed by atoms with van der Waals surface area (Å²) in [5, 5.41) is 3.21. The van der Waals surface area contributed by atoms with Crippen molar-refractivity contribution < 1.29 is 4.79 Å². The molecule has 1 aliphatic rings. The number of anilines is 1. The third kappa shape index (κ3) is 3.34. The number of halogens is 1. The maximum Gasteiger partial charge on any atom is 0.270 e. The third-order valence-corrected chi connectivity index (χ3v) is 3.30. The lowest BCUT2D eigenvalue weighted by Crippen LogP contribution is -2.43. The normalized spacial score (nSPS) is 17.7. The molecule has 2 rings (SSSR count). The van der Waals surface area contributed by atoms with Gasteiger partial charge < -0.3 is 16.0 Å². The Labute approximate surface area is 111 Å². The van der Waals surface area contributed by atoms with E-state index in [0.29, 0.717) is 5.69 Å². The predicted octanol–water partition coefficient (Wildman–Crippen LogP) is 1.14. The molecule has 0 radical (unpaired) electrons. The number of piperidine rings is 1. The highest BCUT2D eigenvalue weighted by Gasteiger charge is 2.19. The first-order valence-electron chi connectivity index (χ1n) is 5.97. The SMILES string of the molecule is CN1CCC(NC(=O)c2cc(N)cc(Cl)n2)CC1. The van der Waals surface area contributed by atoms with E-state index in [1.165, 1.54) is 12.1 Å². The maximum atomic E-state index is 12.0. The molecular formula is C12H17ClN4O. The number of likely N-dealkylation sites (tertiary alicyclic amines) is 1. The average molecular weight is 269 g/mol. The Morgan fingerprint density at radius 3 is 2.78 bits per heavy atom. The Morgan fingerprint density at radius 2 is 2.17 bits per heavy atom. The van der Waals surface area contributed by atoms with E-state index in [0.717, 1.165) is 25.9 Å². The summed E-state index contributed by atoms with van der Waals surface area (Å²) in [7, 11) is 2.08. The lowest BCUT2D eigenvalue weighted by molar-refractivity contribution is 0.0912. The molecule has 6 heteroatoms. The van der Waals surface area contributed by atoms with Crippen LogP contribution in [0.15, 0.2) is 12.1 Å². The minimum atomic E-state index is -0.209. The van der Waals surface area contributed by atoms with Gasteiger partial charge in [-0.15, -0.1) is 0 Å². The van der Waals surface area contributed by atoms with Gasteiger partial charge in [0.25, 0.3) is 5.91 Å². The molecule has 98 valence electrons. The van der Waals surface area contributed by atoms with Crippen LogP contribution in [0.2, 0.25) is 5.15 Å². The van der Waals surface area contributed by atoms with E-state index in [1.54, 1.807) is 0 Å². The summed E-state index contributed by atoms with van der Waals surface area (Å²) in [6.07, 6.45) is 1.91. The Kier molecular flexibility index (Phi) is 4.04. The number of nitrogens with one attached hydrogen (secondary N) is 1. The van der Waals surface area contributed by atoms with Gasteiger partial charge in [0.1, 0.15) is 10.8 Å². The average Bonchev–Trinajstić information content (AvgIpc) is 2.31. The molecule has 0 aliphatic carbocycles. The molecule has 1 saturated heterocycles. The summed E-state index contributed by atoms with van der Waals surface area (Å²) in [5.41, 5.74) is 6.36. The largest absolute Gasteiger partial charge is 0.399 e. The van der Waals surface area contributed by atoms with Crippen LogP contribution in [-0.2, 0) is 0 Å². The topological polar surface area (TPSA) is 71.2 Å². The van der Waals surface area contributed by atoms with Gasteiger partial charge in [0.2, 0.25) is 0 Å². The van der Waals surface area contributed by atoms with E-state index in [-0.39, 0.29) is 22.8 Å². The highest BCUT2D eigenvalue weighted by molar-refractivity contribution is 6.29. The van der Waals surface area contributed by atoms with Crippen LogP contribution < -0.4 is 11.1 Å². The van der Waals surface area contributed by atoms with Gasteiger partial charge in [-0.25, -0.2) is 4.98 Å². The number of nitrogen functional groups attached to an aromatic ring is 1. The maximum absolute atomic E-state index is 12.0. The van der Waals surface area contributed by atoms with Crippen LogP contribution in [0.4, 0.5) is 5.69 Å². The van der Waals surface area contributed by atoms with Gasteiger partial charge in [0.05, 0.1) is 0 Å². The van der Waals surface area contributed by atoms with E-state index < -0.39 is 0 Å². The van der Waals surface area contributed by atoms with Crippen molar-refractivity contribution in [1.29, 1.82) is 0 Å². The van der Waals surface area contributed by atoms with Gasteiger partial charge in [0.15, 0.2) is 0 Å². The van der Waals surface area contributed by atoms with Crippen molar-refractivity contribution in [3.05, 3.63) is 23.0 Å². The fourth-order valence-corrected chi connectivity index (χ4v) is 2.26. The molecule has 1 aromatic rings. The van der Waals surface area contributed by atoms with Crippen LogP contribution in [-0.4, -0.2) is 42.0 Å². The quantitative estimate of drug-likeness (QED) is 0.789. The molecule has 3 N–H and O–H groups in total. The lowest BCUT2D eigenvalue weighted by Gasteiger charge is -2.29. The Morgan fingerprint density at radius 1 is 1.50 bits per heavy atom. The molecule has 0 spiro atoms. The lowest BCUT2D eigenvalue weighted by atomic mass is 10.1. The van der Waals surface area contributed by atoms with Crippen molar-refractivity contribution in [2.24, 2.45) is 0 Å². The van der Waals surface area contributed by atoms with Crippen molar-refractivity contribution in [1.82, 2.24) is 15.2 Å². The molecule has 0 unspecified atom stereocenters. The summed E-state index contributed by atoms with van der Waals surface area (Å²) in [6, 6.07) is 3.26. The van der Waals surface area contributed by atoms with Gasteiger partial charge in [-0.1, -0.05) is 11.6 Å². The highest BCUT2D eigenvalue weighted by atomic mass is 35.5. The molecule has 2 heterocycles. The van der Waals surface area contributed by atoms with Gasteiger partial charge in [-0.3, -0.25) is 4.79 Å². The minimum absolute atomic E-state index is 0.204. The number of nitrogens with zero attached hydrogens (tertiary/aromatic N) is 2. The molecule has 0 atom stereocenters. The standard InChI is InChI=1S/C12H17ClN4O/c1-17-4-2-9(3-5-17)15-12(18)10-6-8(14)7-11(13)16-10/h6-7,9H,2-5H2,1H3,(H2,14,16)(H,15,18). The minimum Gasteiger partial charge on any atom is -0.399 e. The van der Waals surface area contributed by atoms with E-state index in [9.17, 15) is 4.79 Å². The smallest absolute Gasteiger partial charge is 0.270 e. The zero-order valence-corrected chi connectivity index (χ0v) is 11.1. The van der Waals surface area contributed by atoms with Crippen molar-refractivity contribution >= 4 is 23.2 Å². The molecule has 1 amide bonds. The van der Waals surface area contributed by atoms with E-state index in [4.69, 9.17) is 17.3 Å². The summed E-state index contributed by atoms with van der Waals surface area (Å²) in [5.74, 6) is -0.209. The molecule has 0 saturated carbocycles. The van der Waals surface area contributed by atoms with Gasteiger partial charge in [-0.05, 0) is 45.1 Å². The zero-order valence-electron chi connectivity index (χ0n) is 10.3. The molecular weight excluding hydrogens is 252 g/mol. The Bertz CT molecular complexity index is 423. The van der Waals surface area contributed by atoms with Crippen molar-refractivity contribution in [2.45, 2.75) is 18.9 Å². The Balaban J connectivity index is 1.99. The molecule has 1 fully saturated rings. The number of nitrogens with two attached hydrogens (primary N) is 1. The molecule has 18 heavy (non-hydrogen) atoms. The van der Waals surface area contributed by atoms with Crippen LogP contribution in [0.3, 0.4) is 0 Å². The summed E-state index contributed by atoms with van der Waals surface area (Å²) in [4.78, 5) is 18.2. The van der Waals surface area contributed by atoms with Crippen LogP contribution in [0.5, 0.6) is 0 Å². The van der Waals surface area contributed by atoms with Crippen LogP contribution in [0.1, 0.15) is 23.3 Å². The summed E-state index contributed by atoms with van der Waals surface area (Å²) >= 11 is 5.78. The van der Waals surface area contributed by atoms with Gasteiger partial charge in [-0.2, -0.15) is 0 Å². The first-order chi connectivity index (χ1) is 8.54. The van der Waals surface area contributed by atoms with E-state index in [2.05, 4.69) is 22.2 Å². The number of rotatable bonds is 2. The van der Waals surface area contributed by atoms with Crippen LogP contribution in [0, 0.1) is 0 Å².